The van der Waals surface area contributed by atoms with Crippen LogP contribution in [0.1, 0.15) is 85.5 Å². The number of ether oxygens (including phenoxy) is 2. The molecule has 3 rings (SSSR count). The van der Waals surface area contributed by atoms with E-state index in [0.717, 1.165) is 51.4 Å². The number of allylic oxidation sites excluding steroid dienone is 1. The van der Waals surface area contributed by atoms with Gasteiger partial charge in [-0.2, -0.15) is 5.26 Å². The molecular weight excluding hydrogens is 378 g/mol. The second-order valence-corrected chi connectivity index (χ2v) is 10.3. The molecule has 0 spiro atoms. The van der Waals surface area contributed by atoms with Gasteiger partial charge in [-0.25, -0.2) is 0 Å². The number of nitrogens with zero attached hydrogens (tertiary/aromatic N) is 1. The maximum absolute atomic E-state index is 12.1. The Kier molecular flexibility index (Phi) is 6.65. The molecule has 0 N–H and O–H groups in total. The first-order valence-corrected chi connectivity index (χ1v) is 11.5. The van der Waals surface area contributed by atoms with Gasteiger partial charge in [0.15, 0.2) is 0 Å². The average molecular weight is 416 g/mol. The fourth-order valence-electron chi connectivity index (χ4n) is 6.94. The number of hydrogen-bond donors (Lipinski definition) is 0. The maximum Gasteiger partial charge on any atom is 0.302 e. The molecule has 0 amide bonds. The fourth-order valence-corrected chi connectivity index (χ4v) is 6.94. The summed E-state index contributed by atoms with van der Waals surface area (Å²) in [6.07, 6.45) is 7.76. The van der Waals surface area contributed by atoms with Gasteiger partial charge in [0.1, 0.15) is 12.2 Å². The lowest BCUT2D eigenvalue weighted by Crippen LogP contribution is -2.54. The predicted molar refractivity (Wildman–Crippen MR) is 114 cm³/mol. The Morgan fingerprint density at radius 3 is 2.43 bits per heavy atom. The summed E-state index contributed by atoms with van der Waals surface area (Å²) in [4.78, 5) is 23.6. The molecule has 7 atom stereocenters. The van der Waals surface area contributed by atoms with Crippen molar-refractivity contribution < 1.29 is 19.1 Å². The highest BCUT2D eigenvalue weighted by molar-refractivity contribution is 5.66. The van der Waals surface area contributed by atoms with Crippen LogP contribution in [0.2, 0.25) is 0 Å². The number of esters is 2. The van der Waals surface area contributed by atoms with Crippen LogP contribution in [0, 0.1) is 39.9 Å². The topological polar surface area (TPSA) is 76.4 Å². The van der Waals surface area contributed by atoms with Crippen molar-refractivity contribution in [2.45, 2.75) is 97.7 Å². The minimum Gasteiger partial charge on any atom is -0.463 e. The van der Waals surface area contributed by atoms with Gasteiger partial charge in [-0.15, -0.1) is 0 Å². The van der Waals surface area contributed by atoms with Crippen LogP contribution < -0.4 is 0 Å². The van der Waals surface area contributed by atoms with Crippen LogP contribution in [-0.4, -0.2) is 24.1 Å². The smallest absolute Gasteiger partial charge is 0.302 e. The predicted octanol–water partition coefficient (Wildman–Crippen LogP) is 5.34. The Bertz CT molecular complexity index is 740. The highest BCUT2D eigenvalue weighted by atomic mass is 16.5. The molecule has 3 fully saturated rings. The normalized spacial score (nSPS) is 40.9. The van der Waals surface area contributed by atoms with E-state index >= 15 is 0 Å². The highest BCUT2D eigenvalue weighted by Crippen LogP contribution is 2.62. The quantitative estimate of drug-likeness (QED) is 0.447. The van der Waals surface area contributed by atoms with Crippen LogP contribution in [0.4, 0.5) is 0 Å². The van der Waals surface area contributed by atoms with Crippen LogP contribution >= 0.6 is 0 Å². The SMILES string of the molecule is C=C1CCC2C(OC(C)=O)C([C@@]3(C)CC[C@H](OC(C)=O)C[C@@H]3CCC#N)CCC12C. The first kappa shape index (κ1) is 22.8. The van der Waals surface area contributed by atoms with Crippen molar-refractivity contribution in [1.29, 1.82) is 5.26 Å². The van der Waals surface area contributed by atoms with Crippen LogP contribution in [0.5, 0.6) is 0 Å². The van der Waals surface area contributed by atoms with Crippen LogP contribution in [0.3, 0.4) is 0 Å². The monoisotopic (exact) mass is 415 g/mol. The van der Waals surface area contributed by atoms with E-state index in [4.69, 9.17) is 9.47 Å². The molecule has 0 heterocycles. The third kappa shape index (κ3) is 4.15. The summed E-state index contributed by atoms with van der Waals surface area (Å²) in [7, 11) is 0. The Morgan fingerprint density at radius 1 is 1.10 bits per heavy atom. The van der Waals surface area contributed by atoms with Crippen molar-refractivity contribution in [2.75, 3.05) is 0 Å². The lowest BCUT2D eigenvalue weighted by molar-refractivity contribution is -0.176. The zero-order valence-electron chi connectivity index (χ0n) is 19.0. The van der Waals surface area contributed by atoms with Gasteiger partial charge in [-0.05, 0) is 68.1 Å². The van der Waals surface area contributed by atoms with Gasteiger partial charge in [-0.1, -0.05) is 26.0 Å². The molecule has 0 bridgehead atoms. The summed E-state index contributed by atoms with van der Waals surface area (Å²) in [5.74, 6) is 0.391. The lowest BCUT2D eigenvalue weighted by Gasteiger charge is -2.56. The summed E-state index contributed by atoms with van der Waals surface area (Å²) in [5.41, 5.74) is 1.30. The molecule has 0 aromatic carbocycles. The first-order chi connectivity index (χ1) is 14.1. The number of carbonyl (C=O) groups is 2. The highest BCUT2D eigenvalue weighted by Gasteiger charge is 2.58. The van der Waals surface area contributed by atoms with Gasteiger partial charge in [0.25, 0.3) is 0 Å². The molecule has 3 aliphatic carbocycles. The fraction of sp³-hybridized carbons (Fsp3) is 0.800. The first-order valence-electron chi connectivity index (χ1n) is 11.5. The van der Waals surface area contributed by atoms with E-state index in [9.17, 15) is 14.9 Å². The van der Waals surface area contributed by atoms with Crippen LogP contribution in [0.15, 0.2) is 12.2 Å². The summed E-state index contributed by atoms with van der Waals surface area (Å²) in [6, 6.07) is 2.30. The Balaban J connectivity index is 1.91. The van der Waals surface area contributed by atoms with Gasteiger partial charge >= 0.3 is 11.9 Å². The van der Waals surface area contributed by atoms with Gasteiger partial charge in [0, 0.05) is 32.1 Å². The molecule has 0 aromatic heterocycles. The van der Waals surface area contributed by atoms with E-state index in [1.54, 1.807) is 0 Å². The molecule has 0 aromatic rings. The van der Waals surface area contributed by atoms with E-state index in [-0.39, 0.29) is 46.8 Å². The average Bonchev–Trinajstić information content (AvgIpc) is 2.97. The zero-order chi connectivity index (χ0) is 22.1. The van der Waals surface area contributed by atoms with E-state index in [1.165, 1.54) is 19.4 Å². The summed E-state index contributed by atoms with van der Waals surface area (Å²) in [6.45, 7) is 11.9. The molecule has 5 nitrogen and oxygen atoms in total. The van der Waals surface area contributed by atoms with E-state index in [2.05, 4.69) is 26.5 Å². The summed E-state index contributed by atoms with van der Waals surface area (Å²) >= 11 is 0. The molecule has 0 radical (unpaired) electrons. The van der Waals surface area contributed by atoms with Gasteiger partial charge in [0.2, 0.25) is 0 Å². The van der Waals surface area contributed by atoms with E-state index in [0.29, 0.717) is 12.3 Å². The van der Waals surface area contributed by atoms with Crippen molar-refractivity contribution >= 4 is 11.9 Å². The molecule has 0 saturated heterocycles. The van der Waals surface area contributed by atoms with Crippen molar-refractivity contribution in [3.63, 3.8) is 0 Å². The molecule has 0 aliphatic heterocycles. The van der Waals surface area contributed by atoms with Crippen molar-refractivity contribution in [3.05, 3.63) is 12.2 Å². The Hall–Kier alpha value is -1.83. The standard InChI is InChI=1S/C25H37NO4/c1-16-8-9-21-23(30-18(3)28)22(11-13-24(16,21)4)25(5)12-10-20(29-17(2)27)15-19(25)7-6-14-26/h19-23H,1,6-13,15H2,2-5H3/t19-,20-,21?,22?,23?,24?,25-/m0/s1. The largest absolute Gasteiger partial charge is 0.463 e. The van der Waals surface area contributed by atoms with E-state index in [1.807, 2.05) is 0 Å². The Labute approximate surface area is 181 Å². The van der Waals surface area contributed by atoms with Gasteiger partial charge in [-0.3, -0.25) is 9.59 Å². The molecule has 3 aliphatic rings. The molecule has 30 heavy (non-hydrogen) atoms. The molecule has 3 saturated carbocycles. The van der Waals surface area contributed by atoms with E-state index < -0.39 is 0 Å². The van der Waals surface area contributed by atoms with Gasteiger partial charge < -0.3 is 9.47 Å². The third-order valence-corrected chi connectivity index (χ3v) is 8.72. The lowest BCUT2D eigenvalue weighted by atomic mass is 9.51. The third-order valence-electron chi connectivity index (χ3n) is 8.72. The number of fused-ring (bicyclic) bond motifs is 1. The minimum atomic E-state index is -0.238. The van der Waals surface area contributed by atoms with Crippen LogP contribution in [-0.2, 0) is 19.1 Å². The number of hydrogen-bond acceptors (Lipinski definition) is 5. The number of nitriles is 1. The molecule has 5 heteroatoms. The Morgan fingerprint density at radius 2 is 1.80 bits per heavy atom. The number of carbonyl (C=O) groups excluding carboxylic acids is 2. The zero-order valence-corrected chi connectivity index (χ0v) is 19.0. The summed E-state index contributed by atoms with van der Waals surface area (Å²) < 4.78 is 11.6. The number of rotatable bonds is 5. The molecule has 166 valence electrons. The van der Waals surface area contributed by atoms with Gasteiger partial charge in [0.05, 0.1) is 6.07 Å². The second kappa shape index (κ2) is 8.73. The second-order valence-electron chi connectivity index (χ2n) is 10.3. The molecule has 4 unspecified atom stereocenters. The maximum atomic E-state index is 12.1. The molecular formula is C25H37NO4. The van der Waals surface area contributed by atoms with Crippen molar-refractivity contribution in [1.82, 2.24) is 0 Å². The summed E-state index contributed by atoms with van der Waals surface area (Å²) in [5, 5.41) is 9.23. The van der Waals surface area contributed by atoms with Crippen molar-refractivity contribution in [3.8, 4) is 6.07 Å². The minimum absolute atomic E-state index is 0.0428. The van der Waals surface area contributed by atoms with Crippen LogP contribution in [0.25, 0.3) is 0 Å². The van der Waals surface area contributed by atoms with Crippen molar-refractivity contribution in [2.24, 2.45) is 28.6 Å².